The summed E-state index contributed by atoms with van der Waals surface area (Å²) in [5.74, 6) is -0.108. The minimum Gasteiger partial charge on any atom is -0.444 e. The molecule has 0 bridgehead atoms. The molecule has 3 N–H and O–H groups in total. The van der Waals surface area contributed by atoms with Crippen LogP contribution in [0.5, 0.6) is 0 Å². The predicted octanol–water partition coefficient (Wildman–Crippen LogP) is 1.28. The largest absolute Gasteiger partial charge is 0.444 e. The number of amides is 1. The van der Waals surface area contributed by atoms with Gasteiger partial charge in [-0.1, -0.05) is 6.42 Å². The Morgan fingerprint density at radius 2 is 2.00 bits per heavy atom. The molecule has 1 amide bonds. The lowest BCUT2D eigenvalue weighted by molar-refractivity contribution is -0.0357. The van der Waals surface area contributed by atoms with E-state index in [0.717, 1.165) is 19.3 Å². The van der Waals surface area contributed by atoms with E-state index in [2.05, 4.69) is 5.32 Å². The molecule has 1 aliphatic carbocycles. The number of carbonyl (C=O) groups is 1. The van der Waals surface area contributed by atoms with Crippen LogP contribution < -0.4 is 5.32 Å². The molecule has 1 fully saturated rings. The Morgan fingerprint density at radius 1 is 1.39 bits per heavy atom. The lowest BCUT2D eigenvalue weighted by atomic mass is 9.61. The van der Waals surface area contributed by atoms with Gasteiger partial charge in [-0.2, -0.15) is 0 Å². The van der Waals surface area contributed by atoms with Crippen LogP contribution in [0.3, 0.4) is 0 Å². The van der Waals surface area contributed by atoms with Gasteiger partial charge in [-0.15, -0.1) is 0 Å². The van der Waals surface area contributed by atoms with Crippen molar-refractivity contribution in [2.45, 2.75) is 45.6 Å². The average molecular weight is 259 g/mol. The van der Waals surface area contributed by atoms with E-state index in [9.17, 15) is 15.0 Å². The van der Waals surface area contributed by atoms with Crippen LogP contribution in [0.4, 0.5) is 4.79 Å². The van der Waals surface area contributed by atoms with Crippen LogP contribution >= 0.6 is 0 Å². The van der Waals surface area contributed by atoms with Gasteiger partial charge in [0.2, 0.25) is 0 Å². The van der Waals surface area contributed by atoms with E-state index < -0.39 is 11.7 Å². The van der Waals surface area contributed by atoms with E-state index in [4.69, 9.17) is 4.74 Å². The monoisotopic (exact) mass is 259 g/mol. The average Bonchev–Trinajstić information content (AvgIpc) is 2.19. The van der Waals surface area contributed by atoms with E-state index in [-0.39, 0.29) is 24.5 Å². The zero-order chi connectivity index (χ0) is 13.8. The van der Waals surface area contributed by atoms with Crippen LogP contribution in [0.2, 0.25) is 0 Å². The highest BCUT2D eigenvalue weighted by Crippen LogP contribution is 2.46. The number of alkyl carbamates (subject to hydrolysis) is 1. The Bertz CT molecular complexity index is 276. The number of hydrogen-bond donors (Lipinski definition) is 3. The molecule has 106 valence electrons. The Balaban J connectivity index is 2.43. The smallest absolute Gasteiger partial charge is 0.407 e. The van der Waals surface area contributed by atoms with E-state index in [1.54, 1.807) is 20.8 Å². The second kappa shape index (κ2) is 5.89. The molecule has 0 radical (unpaired) electrons. The number of aliphatic hydroxyl groups excluding tert-OH is 2. The summed E-state index contributed by atoms with van der Waals surface area (Å²) < 4.78 is 5.14. The second-order valence-corrected chi connectivity index (χ2v) is 6.14. The van der Waals surface area contributed by atoms with Crippen LogP contribution in [0.1, 0.15) is 40.0 Å². The number of rotatable bonds is 5. The summed E-state index contributed by atoms with van der Waals surface area (Å²) in [6, 6.07) is 0. The zero-order valence-corrected chi connectivity index (χ0v) is 11.5. The van der Waals surface area contributed by atoms with Gasteiger partial charge in [-0.25, -0.2) is 4.79 Å². The Hall–Kier alpha value is -0.810. The first-order valence-corrected chi connectivity index (χ1v) is 6.51. The van der Waals surface area contributed by atoms with Gasteiger partial charge in [0.05, 0.1) is 0 Å². The third kappa shape index (κ3) is 3.85. The molecule has 5 heteroatoms. The van der Waals surface area contributed by atoms with Gasteiger partial charge in [0, 0.05) is 31.1 Å². The second-order valence-electron chi connectivity index (χ2n) is 6.14. The Morgan fingerprint density at radius 3 is 2.33 bits per heavy atom. The molecular formula is C13H25NO4. The van der Waals surface area contributed by atoms with Crippen molar-refractivity contribution in [2.24, 2.45) is 11.3 Å². The maximum absolute atomic E-state index is 11.5. The van der Waals surface area contributed by atoms with Gasteiger partial charge < -0.3 is 20.3 Å². The van der Waals surface area contributed by atoms with Gasteiger partial charge in [-0.05, 0) is 33.6 Å². The minimum atomic E-state index is -0.524. The fraction of sp³-hybridized carbons (Fsp3) is 0.923. The molecule has 1 unspecified atom stereocenters. The predicted molar refractivity (Wildman–Crippen MR) is 68.2 cm³/mol. The highest BCUT2D eigenvalue weighted by molar-refractivity contribution is 5.67. The summed E-state index contributed by atoms with van der Waals surface area (Å²) in [5, 5.41) is 21.5. The maximum Gasteiger partial charge on any atom is 0.407 e. The first kappa shape index (κ1) is 15.2. The molecule has 0 spiro atoms. The zero-order valence-electron chi connectivity index (χ0n) is 11.5. The Labute approximate surface area is 109 Å². The van der Waals surface area contributed by atoms with Crippen molar-refractivity contribution >= 4 is 6.09 Å². The van der Waals surface area contributed by atoms with Crippen LogP contribution in [-0.2, 0) is 4.74 Å². The van der Waals surface area contributed by atoms with Crippen LogP contribution in [0.15, 0.2) is 0 Å². The number of nitrogens with one attached hydrogen (secondary N) is 1. The van der Waals surface area contributed by atoms with Crippen molar-refractivity contribution in [1.29, 1.82) is 0 Å². The van der Waals surface area contributed by atoms with Crippen LogP contribution in [0, 0.1) is 11.3 Å². The van der Waals surface area contributed by atoms with Gasteiger partial charge in [-0.3, -0.25) is 0 Å². The van der Waals surface area contributed by atoms with Crippen molar-refractivity contribution in [3.63, 3.8) is 0 Å². The lowest BCUT2D eigenvalue weighted by Crippen LogP contribution is -2.48. The normalized spacial score (nSPS) is 19.8. The molecule has 5 nitrogen and oxygen atoms in total. The Kier molecular flexibility index (Phi) is 4.99. The quantitative estimate of drug-likeness (QED) is 0.695. The number of hydrogen-bond acceptors (Lipinski definition) is 4. The molecule has 0 aromatic heterocycles. The van der Waals surface area contributed by atoms with E-state index >= 15 is 0 Å². The number of aliphatic hydroxyl groups is 2. The molecule has 0 heterocycles. The van der Waals surface area contributed by atoms with Crippen molar-refractivity contribution in [3.05, 3.63) is 0 Å². The highest BCUT2D eigenvalue weighted by Gasteiger charge is 2.43. The third-order valence-electron chi connectivity index (χ3n) is 3.64. The first-order chi connectivity index (χ1) is 8.33. The first-order valence-electron chi connectivity index (χ1n) is 6.51. The molecule has 1 atom stereocenters. The van der Waals surface area contributed by atoms with E-state index in [1.807, 2.05) is 0 Å². The summed E-state index contributed by atoms with van der Waals surface area (Å²) >= 11 is 0. The van der Waals surface area contributed by atoms with Crippen LogP contribution in [0.25, 0.3) is 0 Å². The molecule has 1 rings (SSSR count). The summed E-state index contributed by atoms with van der Waals surface area (Å²) in [6.45, 7) is 5.78. The fourth-order valence-electron chi connectivity index (χ4n) is 2.32. The van der Waals surface area contributed by atoms with Crippen LogP contribution in [-0.4, -0.2) is 41.7 Å². The summed E-state index contributed by atoms with van der Waals surface area (Å²) in [4.78, 5) is 11.5. The molecule has 0 aliphatic heterocycles. The molecule has 1 saturated carbocycles. The van der Waals surface area contributed by atoms with Gasteiger partial charge in [0.15, 0.2) is 0 Å². The lowest BCUT2D eigenvalue weighted by Gasteiger charge is -2.46. The van der Waals surface area contributed by atoms with E-state index in [1.165, 1.54) is 0 Å². The van der Waals surface area contributed by atoms with Crippen molar-refractivity contribution in [1.82, 2.24) is 5.32 Å². The minimum absolute atomic E-state index is 0.0314. The molecule has 0 aromatic rings. The van der Waals surface area contributed by atoms with E-state index in [0.29, 0.717) is 6.54 Å². The standard InChI is InChI=1S/C13H25NO4/c1-12(2,3)18-11(17)14-7-10(8-15)13(9-16)5-4-6-13/h10,15-16H,4-9H2,1-3H3,(H,14,17). The SMILES string of the molecule is CC(C)(C)OC(=O)NCC(CO)C1(CO)CCC1. The summed E-state index contributed by atoms with van der Waals surface area (Å²) in [6.07, 6.45) is 2.41. The molecule has 1 aliphatic rings. The van der Waals surface area contributed by atoms with Crippen molar-refractivity contribution in [2.75, 3.05) is 19.8 Å². The molecular weight excluding hydrogens is 234 g/mol. The molecule has 18 heavy (non-hydrogen) atoms. The van der Waals surface area contributed by atoms with Crippen molar-refractivity contribution in [3.8, 4) is 0 Å². The summed E-state index contributed by atoms with van der Waals surface area (Å²) in [5.41, 5.74) is -0.742. The van der Waals surface area contributed by atoms with Gasteiger partial charge >= 0.3 is 6.09 Å². The molecule has 0 aromatic carbocycles. The van der Waals surface area contributed by atoms with Crippen molar-refractivity contribution < 1.29 is 19.7 Å². The summed E-state index contributed by atoms with van der Waals surface area (Å²) in [7, 11) is 0. The van der Waals surface area contributed by atoms with Gasteiger partial charge in [0.1, 0.15) is 5.60 Å². The maximum atomic E-state index is 11.5. The third-order valence-corrected chi connectivity index (χ3v) is 3.64. The number of ether oxygens (including phenoxy) is 1. The fourth-order valence-corrected chi connectivity index (χ4v) is 2.32. The van der Waals surface area contributed by atoms with Gasteiger partial charge in [0.25, 0.3) is 0 Å². The highest BCUT2D eigenvalue weighted by atomic mass is 16.6. The molecule has 0 saturated heterocycles. The topological polar surface area (TPSA) is 78.8 Å². The number of carbonyl (C=O) groups excluding carboxylic acids is 1.